The number of rotatable bonds is 25. The van der Waals surface area contributed by atoms with E-state index in [4.69, 9.17) is 43.5 Å². The quantitative estimate of drug-likeness (QED) is 0.0403. The summed E-state index contributed by atoms with van der Waals surface area (Å²) in [5.74, 6) is 0. The molecule has 45 heavy (non-hydrogen) atoms. The Hall–Kier alpha value is -2.31. The van der Waals surface area contributed by atoms with E-state index in [0.717, 1.165) is 19.3 Å². The second-order valence-electron chi connectivity index (χ2n) is 11.9. The fraction of sp³-hybridized carbons (Fsp3) is 0.909. The topological polar surface area (TPSA) is 134 Å². The lowest BCUT2D eigenvalue weighted by Crippen LogP contribution is -2.40. The highest BCUT2D eigenvalue weighted by atomic mass is 17.2. The van der Waals surface area contributed by atoms with Gasteiger partial charge in [-0.15, -0.1) is 0 Å². The van der Waals surface area contributed by atoms with Crippen LogP contribution in [-0.2, 0) is 43.5 Å². The molecule has 0 bridgehead atoms. The van der Waals surface area contributed by atoms with Gasteiger partial charge in [-0.25, -0.2) is 14.4 Å². The monoisotopic (exact) mass is 650 g/mol. The standard InChI is InChI=1S/C33H62O12/c1-11-21-31(15-5,16-6)43-40-27(34)37-24-30(14-4,25-38-28(35)41-44-32(17-7,18-8)22-12-2)26-39-29(36)42-45-33(19-9,20-10)23-13-3/h11-26H2,1-10H3. The van der Waals surface area contributed by atoms with Crippen molar-refractivity contribution in [1.29, 1.82) is 0 Å². The molecular formula is C33H62O12. The van der Waals surface area contributed by atoms with Crippen molar-refractivity contribution >= 4 is 18.5 Å². The van der Waals surface area contributed by atoms with Crippen LogP contribution in [0.25, 0.3) is 0 Å². The minimum Gasteiger partial charge on any atom is -0.431 e. The van der Waals surface area contributed by atoms with E-state index in [1.165, 1.54) is 0 Å². The first kappa shape index (κ1) is 42.7. The lowest BCUT2D eigenvalue weighted by Gasteiger charge is -2.32. The van der Waals surface area contributed by atoms with Crippen molar-refractivity contribution in [1.82, 2.24) is 0 Å². The zero-order valence-corrected chi connectivity index (χ0v) is 29.7. The molecule has 0 aromatic heterocycles. The molecule has 0 aliphatic heterocycles. The number of ether oxygens (including phenoxy) is 3. The summed E-state index contributed by atoms with van der Waals surface area (Å²) in [5, 5.41) is 0. The Morgan fingerprint density at radius 3 is 0.822 bits per heavy atom. The average Bonchev–Trinajstić information content (AvgIpc) is 3.06. The van der Waals surface area contributed by atoms with Crippen LogP contribution in [0, 0.1) is 5.41 Å². The maximum atomic E-state index is 12.6. The third-order valence-electron chi connectivity index (χ3n) is 9.08. The first-order chi connectivity index (χ1) is 21.4. The minimum atomic E-state index is -1.18. The molecule has 0 fully saturated rings. The Balaban J connectivity index is 5.62. The highest BCUT2D eigenvalue weighted by molar-refractivity contribution is 5.60. The van der Waals surface area contributed by atoms with Crippen molar-refractivity contribution in [3.05, 3.63) is 0 Å². The highest BCUT2D eigenvalue weighted by Crippen LogP contribution is 2.30. The third kappa shape index (κ3) is 14.8. The van der Waals surface area contributed by atoms with E-state index in [1.54, 1.807) is 6.92 Å². The van der Waals surface area contributed by atoms with E-state index < -0.39 is 40.7 Å². The molecule has 0 spiro atoms. The van der Waals surface area contributed by atoms with E-state index in [9.17, 15) is 14.4 Å². The van der Waals surface area contributed by atoms with Crippen LogP contribution >= 0.6 is 0 Å². The van der Waals surface area contributed by atoms with E-state index >= 15 is 0 Å². The van der Waals surface area contributed by atoms with Crippen LogP contribution in [0.3, 0.4) is 0 Å². The lowest BCUT2D eigenvalue weighted by atomic mass is 9.88. The van der Waals surface area contributed by atoms with Crippen molar-refractivity contribution in [3.63, 3.8) is 0 Å². The number of hydrogen-bond acceptors (Lipinski definition) is 12. The molecule has 0 saturated heterocycles. The van der Waals surface area contributed by atoms with Crippen LogP contribution in [0.1, 0.15) is 153 Å². The molecule has 12 nitrogen and oxygen atoms in total. The fourth-order valence-corrected chi connectivity index (χ4v) is 5.16. The van der Waals surface area contributed by atoms with E-state index in [0.29, 0.717) is 57.8 Å². The molecule has 0 N–H and O–H groups in total. The first-order valence-electron chi connectivity index (χ1n) is 17.0. The number of carbonyl (C=O) groups is 3. The van der Waals surface area contributed by atoms with Crippen LogP contribution in [0.15, 0.2) is 0 Å². The van der Waals surface area contributed by atoms with Crippen molar-refractivity contribution in [3.8, 4) is 0 Å². The van der Waals surface area contributed by atoms with Crippen LogP contribution in [0.2, 0.25) is 0 Å². The first-order valence-corrected chi connectivity index (χ1v) is 17.0. The zero-order valence-electron chi connectivity index (χ0n) is 29.7. The van der Waals surface area contributed by atoms with Gasteiger partial charge < -0.3 is 14.2 Å². The van der Waals surface area contributed by atoms with Crippen LogP contribution in [-0.4, -0.2) is 55.1 Å². The fourth-order valence-electron chi connectivity index (χ4n) is 5.16. The predicted octanol–water partition coefficient (Wildman–Crippen LogP) is 9.71. The smallest absolute Gasteiger partial charge is 0.431 e. The Kier molecular flexibility index (Phi) is 21.1. The number of carbonyl (C=O) groups excluding carboxylic acids is 3. The lowest BCUT2D eigenvalue weighted by molar-refractivity contribution is -0.335. The third-order valence-corrected chi connectivity index (χ3v) is 9.08. The Morgan fingerprint density at radius 1 is 0.400 bits per heavy atom. The van der Waals surface area contributed by atoms with E-state index in [-0.39, 0.29) is 26.2 Å². The van der Waals surface area contributed by atoms with Gasteiger partial charge in [0.15, 0.2) is 0 Å². The Labute approximate surface area is 271 Å². The molecular weight excluding hydrogens is 588 g/mol. The van der Waals surface area contributed by atoms with Gasteiger partial charge in [-0.2, -0.15) is 14.7 Å². The number of hydrogen-bond donors (Lipinski definition) is 0. The minimum absolute atomic E-state index is 0.264. The summed E-state index contributed by atoms with van der Waals surface area (Å²) in [7, 11) is 0. The van der Waals surface area contributed by atoms with E-state index in [1.807, 2.05) is 62.3 Å². The van der Waals surface area contributed by atoms with E-state index in [2.05, 4.69) is 0 Å². The van der Waals surface area contributed by atoms with Gasteiger partial charge in [0.25, 0.3) is 0 Å². The Bertz CT molecular complexity index is 716. The van der Waals surface area contributed by atoms with Gasteiger partial charge in [0.1, 0.15) is 36.6 Å². The molecule has 0 aromatic carbocycles. The maximum Gasteiger partial charge on any atom is 0.540 e. The largest absolute Gasteiger partial charge is 0.540 e. The maximum absolute atomic E-state index is 12.6. The summed E-state index contributed by atoms with van der Waals surface area (Å²) in [6, 6.07) is 0. The van der Waals surface area contributed by atoms with Crippen LogP contribution in [0.4, 0.5) is 14.4 Å². The van der Waals surface area contributed by atoms with Gasteiger partial charge in [-0.3, -0.25) is 14.7 Å². The molecule has 0 rings (SSSR count). The van der Waals surface area contributed by atoms with Crippen molar-refractivity contribution in [2.24, 2.45) is 5.41 Å². The van der Waals surface area contributed by atoms with Gasteiger partial charge in [0.05, 0.1) is 5.41 Å². The van der Waals surface area contributed by atoms with Crippen LogP contribution in [0.5, 0.6) is 0 Å². The molecule has 0 saturated carbocycles. The summed E-state index contributed by atoms with van der Waals surface area (Å²) < 4.78 is 16.1. The van der Waals surface area contributed by atoms with Crippen molar-refractivity contribution in [2.75, 3.05) is 19.8 Å². The Morgan fingerprint density at radius 2 is 0.644 bits per heavy atom. The van der Waals surface area contributed by atoms with Gasteiger partial charge in [-0.05, 0) is 64.2 Å². The van der Waals surface area contributed by atoms with Gasteiger partial charge in [0, 0.05) is 0 Å². The molecule has 0 aliphatic carbocycles. The summed E-state index contributed by atoms with van der Waals surface area (Å²) in [4.78, 5) is 69.3. The summed E-state index contributed by atoms with van der Waals surface area (Å²) >= 11 is 0. The normalized spacial score (nSPS) is 12.4. The summed E-state index contributed by atoms with van der Waals surface area (Å²) in [5.41, 5.74) is -3.05. The summed E-state index contributed by atoms with van der Waals surface area (Å²) in [6.07, 6.45) is 5.56. The van der Waals surface area contributed by atoms with Gasteiger partial charge in [0.2, 0.25) is 0 Å². The van der Waals surface area contributed by atoms with Crippen LogP contribution < -0.4 is 0 Å². The van der Waals surface area contributed by atoms with Gasteiger partial charge in [-0.1, -0.05) is 88.5 Å². The second-order valence-corrected chi connectivity index (χ2v) is 11.9. The second kappa shape index (κ2) is 22.3. The molecule has 12 heteroatoms. The molecule has 0 amide bonds. The summed E-state index contributed by atoms with van der Waals surface area (Å²) in [6.45, 7) is 18.6. The molecule has 0 unspecified atom stereocenters. The SMILES string of the molecule is CCCC(CC)(CC)OOC(=O)OCC(CC)(COC(=O)OOC(CC)(CC)CCC)COC(=O)OOC(CC)(CC)CCC. The molecule has 0 atom stereocenters. The van der Waals surface area contributed by atoms with Gasteiger partial charge >= 0.3 is 18.5 Å². The molecule has 0 aromatic rings. The zero-order chi connectivity index (χ0) is 34.4. The molecule has 0 aliphatic rings. The average molecular weight is 651 g/mol. The molecule has 0 radical (unpaired) electrons. The molecule has 266 valence electrons. The van der Waals surface area contributed by atoms with Crippen molar-refractivity contribution in [2.45, 2.75) is 170 Å². The molecule has 0 heterocycles. The highest BCUT2D eigenvalue weighted by Gasteiger charge is 2.38. The van der Waals surface area contributed by atoms with Crippen molar-refractivity contribution < 1.29 is 57.9 Å². The predicted molar refractivity (Wildman–Crippen MR) is 168 cm³/mol.